The van der Waals surface area contributed by atoms with Crippen molar-refractivity contribution in [3.05, 3.63) is 23.8 Å². The van der Waals surface area contributed by atoms with Gasteiger partial charge in [-0.15, -0.1) is 0 Å². The van der Waals surface area contributed by atoms with Crippen molar-refractivity contribution in [3.63, 3.8) is 0 Å². The highest BCUT2D eigenvalue weighted by molar-refractivity contribution is 5.80. The van der Waals surface area contributed by atoms with Gasteiger partial charge in [0.15, 0.2) is 17.8 Å². The molecule has 0 saturated carbocycles. The van der Waals surface area contributed by atoms with E-state index in [0.717, 1.165) is 0 Å². The summed E-state index contributed by atoms with van der Waals surface area (Å²) in [5, 5.41) is 9.40. The number of hydrogen-bond donors (Lipinski definition) is 1. The molecule has 0 unspecified atom stereocenters. The van der Waals surface area contributed by atoms with Crippen LogP contribution in [-0.2, 0) is 4.74 Å². The van der Waals surface area contributed by atoms with Crippen LogP contribution in [0.3, 0.4) is 0 Å². The van der Waals surface area contributed by atoms with Gasteiger partial charge in [-0.3, -0.25) is 4.79 Å². The van der Waals surface area contributed by atoms with Gasteiger partial charge in [0.25, 0.3) is 0 Å². The maximum Gasteiger partial charge on any atom is 0.171 e. The normalized spacial score (nSPS) is 9.79. The zero-order valence-electron chi connectivity index (χ0n) is 7.90. The van der Waals surface area contributed by atoms with Crippen LogP contribution in [0, 0.1) is 0 Å². The maximum absolute atomic E-state index is 10.6. The first-order valence-electron chi connectivity index (χ1n) is 4.18. The zero-order valence-corrected chi connectivity index (χ0v) is 7.90. The van der Waals surface area contributed by atoms with Gasteiger partial charge < -0.3 is 14.6 Å². The summed E-state index contributed by atoms with van der Waals surface area (Å²) >= 11 is 0. The molecule has 0 aromatic heterocycles. The van der Waals surface area contributed by atoms with Crippen LogP contribution in [0.1, 0.15) is 10.4 Å². The van der Waals surface area contributed by atoms with Crippen LogP contribution in [0.2, 0.25) is 0 Å². The Morgan fingerprint density at radius 2 is 2.21 bits per heavy atom. The quantitative estimate of drug-likeness (QED) is 0.568. The monoisotopic (exact) mass is 196 g/mol. The Morgan fingerprint density at radius 3 is 2.86 bits per heavy atom. The molecule has 0 fully saturated rings. The number of para-hydroxylation sites is 1. The Hall–Kier alpha value is -1.55. The van der Waals surface area contributed by atoms with Crippen molar-refractivity contribution in [2.45, 2.75) is 0 Å². The first kappa shape index (κ1) is 10.5. The van der Waals surface area contributed by atoms with Crippen LogP contribution < -0.4 is 4.74 Å². The van der Waals surface area contributed by atoms with E-state index in [1.54, 1.807) is 19.2 Å². The second-order valence-corrected chi connectivity index (χ2v) is 2.65. The molecular formula is C10H12O4. The molecule has 76 valence electrons. The first-order valence-corrected chi connectivity index (χ1v) is 4.18. The number of benzene rings is 1. The number of aldehydes is 1. The Labute approximate surface area is 82.1 Å². The van der Waals surface area contributed by atoms with Gasteiger partial charge in [-0.25, -0.2) is 0 Å². The highest BCUT2D eigenvalue weighted by Gasteiger charge is 2.07. The van der Waals surface area contributed by atoms with Gasteiger partial charge in [0.1, 0.15) is 6.61 Å². The summed E-state index contributed by atoms with van der Waals surface area (Å²) in [6, 6.07) is 4.63. The lowest BCUT2D eigenvalue weighted by atomic mass is 10.2. The largest absolute Gasteiger partial charge is 0.504 e. The van der Waals surface area contributed by atoms with Crippen molar-refractivity contribution in [2.75, 3.05) is 20.3 Å². The number of hydrogen-bond acceptors (Lipinski definition) is 4. The molecule has 1 aromatic rings. The molecule has 0 heterocycles. The minimum atomic E-state index is -0.0364. The summed E-state index contributed by atoms with van der Waals surface area (Å²) in [5.74, 6) is 0.172. The third-order valence-corrected chi connectivity index (χ3v) is 1.69. The van der Waals surface area contributed by atoms with Crippen LogP contribution in [-0.4, -0.2) is 31.7 Å². The molecule has 0 aliphatic carbocycles. The highest BCUT2D eigenvalue weighted by atomic mass is 16.5. The van der Waals surface area contributed by atoms with Crippen molar-refractivity contribution in [1.29, 1.82) is 0 Å². The number of phenols is 1. The fourth-order valence-electron chi connectivity index (χ4n) is 1.02. The van der Waals surface area contributed by atoms with Gasteiger partial charge in [0.2, 0.25) is 0 Å². The molecule has 1 N–H and O–H groups in total. The fraction of sp³-hybridized carbons (Fsp3) is 0.300. The highest BCUT2D eigenvalue weighted by Crippen LogP contribution is 2.28. The molecule has 0 amide bonds. The van der Waals surface area contributed by atoms with E-state index in [1.165, 1.54) is 6.07 Å². The van der Waals surface area contributed by atoms with E-state index in [4.69, 9.17) is 9.47 Å². The van der Waals surface area contributed by atoms with Gasteiger partial charge in [-0.05, 0) is 12.1 Å². The average Bonchev–Trinajstić information content (AvgIpc) is 2.20. The fourth-order valence-corrected chi connectivity index (χ4v) is 1.02. The van der Waals surface area contributed by atoms with Crippen LogP contribution in [0.5, 0.6) is 11.5 Å². The molecule has 1 aromatic carbocycles. The number of phenolic OH excluding ortho intramolecular Hbond substituents is 1. The summed E-state index contributed by atoms with van der Waals surface area (Å²) in [7, 11) is 1.55. The number of carbonyl (C=O) groups is 1. The topological polar surface area (TPSA) is 55.8 Å². The molecule has 14 heavy (non-hydrogen) atoms. The lowest BCUT2D eigenvalue weighted by Crippen LogP contribution is -2.05. The van der Waals surface area contributed by atoms with Gasteiger partial charge in [-0.1, -0.05) is 6.07 Å². The molecule has 0 bridgehead atoms. The van der Waals surface area contributed by atoms with Crippen molar-refractivity contribution >= 4 is 6.29 Å². The number of ether oxygens (including phenoxy) is 2. The van der Waals surface area contributed by atoms with E-state index in [1.807, 2.05) is 0 Å². The molecule has 0 aliphatic heterocycles. The standard InChI is InChI=1S/C10H12O4/c1-13-5-6-14-10-8(7-11)3-2-4-9(10)12/h2-4,7,12H,5-6H2,1H3. The summed E-state index contributed by atoms with van der Waals surface area (Å²) in [4.78, 5) is 10.6. The minimum absolute atomic E-state index is 0.0364. The number of carbonyl (C=O) groups excluding carboxylic acids is 1. The second-order valence-electron chi connectivity index (χ2n) is 2.65. The molecule has 0 spiro atoms. The summed E-state index contributed by atoms with van der Waals surface area (Å²) in [6.45, 7) is 0.710. The van der Waals surface area contributed by atoms with Crippen molar-refractivity contribution in [2.24, 2.45) is 0 Å². The lowest BCUT2D eigenvalue weighted by Gasteiger charge is -2.08. The molecule has 0 atom stereocenters. The molecule has 0 aliphatic rings. The first-order chi connectivity index (χ1) is 6.79. The molecule has 0 saturated heterocycles. The van der Waals surface area contributed by atoms with Crippen molar-refractivity contribution in [1.82, 2.24) is 0 Å². The zero-order chi connectivity index (χ0) is 10.4. The van der Waals surface area contributed by atoms with Crippen LogP contribution in [0.25, 0.3) is 0 Å². The summed E-state index contributed by atoms with van der Waals surface area (Å²) in [6.07, 6.45) is 0.641. The lowest BCUT2D eigenvalue weighted by molar-refractivity contribution is 0.111. The summed E-state index contributed by atoms with van der Waals surface area (Å²) < 4.78 is 9.97. The SMILES string of the molecule is COCCOc1c(O)cccc1C=O. The number of aromatic hydroxyl groups is 1. The Balaban J connectivity index is 2.77. The Bertz CT molecular complexity index is 309. The number of rotatable bonds is 5. The number of methoxy groups -OCH3 is 1. The average molecular weight is 196 g/mol. The van der Waals surface area contributed by atoms with Crippen LogP contribution in [0.4, 0.5) is 0 Å². The van der Waals surface area contributed by atoms with Crippen molar-refractivity contribution in [3.8, 4) is 11.5 Å². The maximum atomic E-state index is 10.6. The van der Waals surface area contributed by atoms with E-state index < -0.39 is 0 Å². The molecule has 4 nitrogen and oxygen atoms in total. The van der Waals surface area contributed by atoms with E-state index >= 15 is 0 Å². The van der Waals surface area contributed by atoms with Gasteiger partial charge in [0.05, 0.1) is 12.2 Å². The van der Waals surface area contributed by atoms with Crippen LogP contribution in [0.15, 0.2) is 18.2 Å². The predicted molar refractivity (Wildman–Crippen MR) is 50.9 cm³/mol. The van der Waals surface area contributed by atoms with E-state index in [-0.39, 0.29) is 11.5 Å². The molecule has 0 radical (unpaired) electrons. The van der Waals surface area contributed by atoms with E-state index in [2.05, 4.69) is 0 Å². The van der Waals surface area contributed by atoms with E-state index in [0.29, 0.717) is 25.1 Å². The van der Waals surface area contributed by atoms with Crippen molar-refractivity contribution < 1.29 is 19.4 Å². The third kappa shape index (κ3) is 2.47. The second kappa shape index (κ2) is 5.24. The third-order valence-electron chi connectivity index (χ3n) is 1.69. The van der Waals surface area contributed by atoms with E-state index in [9.17, 15) is 9.90 Å². The Morgan fingerprint density at radius 1 is 1.43 bits per heavy atom. The molecule has 4 heteroatoms. The predicted octanol–water partition coefficient (Wildman–Crippen LogP) is 1.23. The smallest absolute Gasteiger partial charge is 0.171 e. The van der Waals surface area contributed by atoms with Crippen LogP contribution >= 0.6 is 0 Å². The molecule has 1 rings (SSSR count). The summed E-state index contributed by atoms with van der Waals surface area (Å²) in [5.41, 5.74) is 0.334. The van der Waals surface area contributed by atoms with Gasteiger partial charge in [0, 0.05) is 7.11 Å². The van der Waals surface area contributed by atoms with Gasteiger partial charge >= 0.3 is 0 Å². The Kier molecular flexibility index (Phi) is 3.94. The minimum Gasteiger partial charge on any atom is -0.504 e. The van der Waals surface area contributed by atoms with Gasteiger partial charge in [-0.2, -0.15) is 0 Å². The molecular weight excluding hydrogens is 184 g/mol.